The van der Waals surface area contributed by atoms with Gasteiger partial charge >= 0.3 is 6.03 Å². The Bertz CT molecular complexity index is 2640. The second-order valence-electron chi connectivity index (χ2n) is 20.2. The third kappa shape index (κ3) is 8.46. The number of nitrogens with zero attached hydrogens (tertiary/aromatic N) is 7. The van der Waals surface area contributed by atoms with Crippen LogP contribution in [-0.4, -0.2) is 120 Å². The Morgan fingerprint density at radius 2 is 1.65 bits per heavy atom. The lowest BCUT2D eigenvalue weighted by molar-refractivity contribution is -0.295. The molecule has 16 nitrogen and oxygen atoms in total. The number of urea groups is 1. The molecule has 0 radical (unpaired) electrons. The van der Waals surface area contributed by atoms with Gasteiger partial charge in [0.2, 0.25) is 5.91 Å². The summed E-state index contributed by atoms with van der Waals surface area (Å²) in [5, 5.41) is 14.1. The van der Waals surface area contributed by atoms with Crippen molar-refractivity contribution < 1.29 is 28.6 Å². The second kappa shape index (κ2) is 17.8. The van der Waals surface area contributed by atoms with Crippen molar-refractivity contribution in [1.29, 1.82) is 0 Å². The van der Waals surface area contributed by atoms with Gasteiger partial charge in [-0.05, 0) is 105 Å². The average molecular weight is 930 g/mol. The van der Waals surface area contributed by atoms with Crippen LogP contribution >= 0.6 is 0 Å². The van der Waals surface area contributed by atoms with Gasteiger partial charge in [-0.15, -0.1) is 0 Å². The molecule has 1 saturated carbocycles. The molecule has 360 valence electrons. The van der Waals surface area contributed by atoms with Crippen LogP contribution in [0.4, 0.5) is 26.2 Å². The van der Waals surface area contributed by atoms with Crippen LogP contribution in [0.25, 0.3) is 16.7 Å². The number of ether oxygens (including phenoxy) is 2. The molecule has 2 bridgehead atoms. The normalized spacial score (nSPS) is 24.1. The van der Waals surface area contributed by atoms with Gasteiger partial charge in [-0.25, -0.2) is 14.2 Å². The molecule has 8 heterocycles. The summed E-state index contributed by atoms with van der Waals surface area (Å²) in [6, 6.07) is 13.1. The van der Waals surface area contributed by atoms with E-state index in [1.165, 1.54) is 5.56 Å². The van der Waals surface area contributed by atoms with E-state index in [0.29, 0.717) is 73.0 Å². The van der Waals surface area contributed by atoms with E-state index >= 15 is 4.39 Å². The first kappa shape index (κ1) is 44.5. The molecule has 2 aromatic carbocycles. The van der Waals surface area contributed by atoms with E-state index < -0.39 is 11.8 Å². The number of likely N-dealkylation sites (tertiary alicyclic amines) is 2. The SMILES string of the molecule is Cc1cccc(/C(N)=C/C(=C(N)N)N2CC3CCC(C2)N3c2ccc(F)c(N3CCC(CN4CCC5(CC4)OCC(n4cc(C6CC6)c6cc(N7CCC(=O)NC7=O)cnc64)CO5)CC3)c2)c1O. The van der Waals surface area contributed by atoms with Gasteiger partial charge in [0.05, 0.1) is 42.5 Å². The first-order chi connectivity index (χ1) is 32.9. The lowest BCUT2D eigenvalue weighted by atomic mass is 9.94. The highest BCUT2D eigenvalue weighted by Gasteiger charge is 2.44. The van der Waals surface area contributed by atoms with Crippen molar-refractivity contribution >= 4 is 45.7 Å². The quantitative estimate of drug-likeness (QED) is 0.124. The number of hydrogen-bond acceptors (Lipinski definition) is 13. The zero-order valence-corrected chi connectivity index (χ0v) is 38.9. The van der Waals surface area contributed by atoms with Crippen molar-refractivity contribution in [1.82, 2.24) is 24.7 Å². The van der Waals surface area contributed by atoms with E-state index in [2.05, 4.69) is 41.7 Å². The number of rotatable bonds is 10. The third-order valence-electron chi connectivity index (χ3n) is 15.8. The van der Waals surface area contributed by atoms with E-state index in [-0.39, 0.29) is 47.8 Å². The van der Waals surface area contributed by atoms with Crippen LogP contribution in [0.5, 0.6) is 5.75 Å². The van der Waals surface area contributed by atoms with Crippen LogP contribution in [0.15, 0.2) is 72.5 Å². The number of para-hydroxylation sites is 1. The van der Waals surface area contributed by atoms with Gasteiger partial charge in [-0.2, -0.15) is 0 Å². The predicted molar refractivity (Wildman–Crippen MR) is 259 cm³/mol. The number of piperidine rings is 2. The highest BCUT2D eigenvalue weighted by atomic mass is 19.1. The van der Waals surface area contributed by atoms with Gasteiger partial charge < -0.3 is 55.9 Å². The summed E-state index contributed by atoms with van der Waals surface area (Å²) in [5.74, 6) is 0.320. The fourth-order valence-corrected chi connectivity index (χ4v) is 11.8. The number of imide groups is 1. The van der Waals surface area contributed by atoms with Crippen LogP contribution in [-0.2, 0) is 14.3 Å². The van der Waals surface area contributed by atoms with Crippen LogP contribution in [0.3, 0.4) is 0 Å². The Kier molecular flexibility index (Phi) is 11.6. The molecule has 8 N–H and O–H groups in total. The van der Waals surface area contributed by atoms with Gasteiger partial charge in [-0.3, -0.25) is 15.0 Å². The molecule has 6 saturated heterocycles. The zero-order valence-electron chi connectivity index (χ0n) is 38.9. The lowest BCUT2D eigenvalue weighted by Crippen LogP contribution is -2.54. The number of piperazine rings is 1. The van der Waals surface area contributed by atoms with Crippen LogP contribution < -0.4 is 37.2 Å². The predicted octanol–water partition coefficient (Wildman–Crippen LogP) is 5.55. The number of anilines is 3. The number of allylic oxidation sites excluding steroid dienone is 1. The Labute approximate surface area is 396 Å². The van der Waals surface area contributed by atoms with Crippen molar-refractivity contribution in [3.05, 3.63) is 95.0 Å². The number of aryl methyl sites for hydroxylation is 1. The first-order valence-electron chi connectivity index (χ1n) is 24.6. The van der Waals surface area contributed by atoms with Crippen molar-refractivity contribution in [2.45, 2.75) is 94.5 Å². The maximum Gasteiger partial charge on any atom is 0.328 e. The average Bonchev–Trinajstić information content (AvgIpc) is 4.06. The lowest BCUT2D eigenvalue weighted by Gasteiger charge is -2.46. The van der Waals surface area contributed by atoms with Crippen LogP contribution in [0.2, 0.25) is 0 Å². The number of aromatic nitrogens is 2. The number of phenols is 1. The number of benzene rings is 2. The molecule has 1 aliphatic carbocycles. The zero-order chi connectivity index (χ0) is 46.8. The number of phenolic OH excluding ortho intramolecular Hbond substituents is 1. The smallest absolute Gasteiger partial charge is 0.328 e. The summed E-state index contributed by atoms with van der Waals surface area (Å²) in [7, 11) is 0. The molecule has 7 aliphatic rings. The topological polar surface area (TPSA) is 197 Å². The van der Waals surface area contributed by atoms with Crippen LogP contribution in [0, 0.1) is 18.7 Å². The summed E-state index contributed by atoms with van der Waals surface area (Å²) < 4.78 is 31.1. The Morgan fingerprint density at radius 1 is 0.912 bits per heavy atom. The highest BCUT2D eigenvalue weighted by molar-refractivity contribution is 6.06. The Morgan fingerprint density at radius 3 is 2.34 bits per heavy atom. The minimum absolute atomic E-state index is 0.0128. The molecule has 68 heavy (non-hydrogen) atoms. The molecule has 4 aromatic rings. The fraction of sp³-hybridized carbons (Fsp3) is 0.510. The molecule has 2 unspecified atom stereocenters. The van der Waals surface area contributed by atoms with E-state index in [1.54, 1.807) is 29.3 Å². The minimum atomic E-state index is -0.582. The summed E-state index contributed by atoms with van der Waals surface area (Å²) in [6.07, 6.45) is 13.9. The van der Waals surface area contributed by atoms with Gasteiger partial charge in [0.25, 0.3) is 0 Å². The largest absolute Gasteiger partial charge is 0.507 e. The molecule has 11 rings (SSSR count). The highest BCUT2D eigenvalue weighted by Crippen LogP contribution is 2.46. The van der Waals surface area contributed by atoms with Gasteiger partial charge in [0, 0.05) is 112 Å². The first-order valence-corrected chi connectivity index (χ1v) is 24.6. The number of amides is 3. The maximum atomic E-state index is 15.7. The second-order valence-corrected chi connectivity index (χ2v) is 20.2. The monoisotopic (exact) mass is 930 g/mol. The van der Waals surface area contributed by atoms with Crippen molar-refractivity contribution in [2.75, 3.05) is 80.3 Å². The number of fused-ring (bicyclic) bond motifs is 3. The fourth-order valence-electron chi connectivity index (χ4n) is 11.8. The Balaban J connectivity index is 0.673. The number of pyridine rings is 1. The van der Waals surface area contributed by atoms with Crippen LogP contribution in [0.1, 0.15) is 86.4 Å². The molecule has 3 amide bonds. The number of carbonyl (C=O) groups is 2. The summed E-state index contributed by atoms with van der Waals surface area (Å²) >= 11 is 0. The number of nitrogens with one attached hydrogen (secondary N) is 1. The van der Waals surface area contributed by atoms with Crippen molar-refractivity contribution in [3.8, 4) is 5.75 Å². The third-order valence-corrected chi connectivity index (χ3v) is 15.8. The van der Waals surface area contributed by atoms with Crippen molar-refractivity contribution in [3.63, 3.8) is 0 Å². The van der Waals surface area contributed by atoms with E-state index in [9.17, 15) is 14.7 Å². The van der Waals surface area contributed by atoms with E-state index in [4.69, 9.17) is 31.7 Å². The standard InChI is InChI=1S/C51H64FN11O5/c1-31-3-2-4-39(47(31)65)43(53)23-45(48(54)55)60-26-35-7-8-36(27-60)63(35)34-9-10-42(52)44(22-34)59-16-11-32(12-17-59)25-58-19-14-51(15-20-58)67-29-38(30-68-51)62-28-41(33-5-6-33)40-21-37(24-56-49(40)62)61-18-13-46(64)57-50(61)66/h2-4,9-10,21-24,28,32-33,35-36,38,65H,5-8,11-20,25-27,29-30,53-55H2,1H3,(H,57,64,66)/b43-23-. The molecule has 2 atom stereocenters. The molecule has 6 aliphatic heterocycles. The summed E-state index contributed by atoms with van der Waals surface area (Å²) in [6.45, 7) is 9.10. The molecular formula is C51H64FN11O5. The number of hydrogen-bond donors (Lipinski definition) is 5. The van der Waals surface area contributed by atoms with Gasteiger partial charge in [-0.1, -0.05) is 12.1 Å². The van der Waals surface area contributed by atoms with Gasteiger partial charge in [0.1, 0.15) is 23.0 Å². The summed E-state index contributed by atoms with van der Waals surface area (Å²) in [4.78, 5) is 40.3. The van der Waals surface area contributed by atoms with Gasteiger partial charge in [0.15, 0.2) is 5.79 Å². The number of aromatic hydroxyl groups is 1. The molecule has 17 heteroatoms. The molecular weight excluding hydrogens is 866 g/mol. The van der Waals surface area contributed by atoms with E-state index in [1.807, 2.05) is 31.2 Å². The minimum Gasteiger partial charge on any atom is -0.507 e. The molecule has 2 aromatic heterocycles. The van der Waals surface area contributed by atoms with Crippen molar-refractivity contribution in [2.24, 2.45) is 23.1 Å². The van der Waals surface area contributed by atoms with E-state index in [0.717, 1.165) is 106 Å². The maximum absolute atomic E-state index is 15.7. The Hall–Kier alpha value is -6.04. The summed E-state index contributed by atoms with van der Waals surface area (Å²) in [5.41, 5.74) is 25.9. The number of carbonyl (C=O) groups excluding carboxylic acids is 2. The number of halogens is 1. The molecule has 1 spiro atoms. The molecule has 7 fully saturated rings. The number of nitrogens with two attached hydrogens (primary N) is 3.